The topological polar surface area (TPSA) is 29.3 Å². The highest BCUT2D eigenvalue weighted by Gasteiger charge is 2.39. The molecule has 2 N–H and O–H groups in total. The van der Waals surface area contributed by atoms with Gasteiger partial charge in [0, 0.05) is 25.2 Å². The first-order valence-corrected chi connectivity index (χ1v) is 4.73. The second kappa shape index (κ2) is 2.46. The van der Waals surface area contributed by atoms with Gasteiger partial charge in [-0.1, -0.05) is 6.92 Å². The summed E-state index contributed by atoms with van der Waals surface area (Å²) < 4.78 is 0. The van der Waals surface area contributed by atoms with E-state index in [0.29, 0.717) is 0 Å². The molecule has 2 heteroatoms. The van der Waals surface area contributed by atoms with Crippen molar-refractivity contribution in [3.8, 4) is 0 Å². The van der Waals surface area contributed by atoms with Crippen molar-refractivity contribution < 1.29 is 0 Å². The molecule has 0 unspecified atom stereocenters. The third-order valence-electron chi connectivity index (χ3n) is 2.99. The molecule has 0 amide bonds. The summed E-state index contributed by atoms with van der Waals surface area (Å²) in [7, 11) is 0. The van der Waals surface area contributed by atoms with Gasteiger partial charge in [0.2, 0.25) is 0 Å². The van der Waals surface area contributed by atoms with Crippen LogP contribution in [0.4, 0.5) is 0 Å². The normalized spacial score (nSPS) is 30.0. The van der Waals surface area contributed by atoms with E-state index in [9.17, 15) is 0 Å². The number of hydrogen-bond donors (Lipinski definition) is 1. The van der Waals surface area contributed by atoms with Crippen LogP contribution in [0.5, 0.6) is 0 Å². The van der Waals surface area contributed by atoms with Crippen molar-refractivity contribution in [1.29, 1.82) is 0 Å². The van der Waals surface area contributed by atoms with Crippen LogP contribution in [-0.4, -0.2) is 30.1 Å². The number of nitrogens with two attached hydrogens (primary N) is 1. The summed E-state index contributed by atoms with van der Waals surface area (Å²) in [4.78, 5) is 2.50. The van der Waals surface area contributed by atoms with Crippen LogP contribution in [0.15, 0.2) is 0 Å². The highest BCUT2D eigenvalue weighted by Crippen LogP contribution is 2.32. The summed E-state index contributed by atoms with van der Waals surface area (Å²) in [6, 6.07) is 0. The van der Waals surface area contributed by atoms with E-state index in [0.717, 1.165) is 25.4 Å². The lowest BCUT2D eigenvalue weighted by Crippen LogP contribution is -2.67. The summed E-state index contributed by atoms with van der Waals surface area (Å²) in [5.74, 6) is 1.02. The molecule has 1 saturated carbocycles. The first kappa shape index (κ1) is 7.56. The molecule has 0 spiro atoms. The monoisotopic (exact) mass is 154 g/mol. The predicted molar refractivity (Wildman–Crippen MR) is 46.4 cm³/mol. The lowest BCUT2D eigenvalue weighted by molar-refractivity contribution is 0.0636. The molecular weight excluding hydrogens is 136 g/mol. The molecule has 0 aromatic rings. The van der Waals surface area contributed by atoms with Crippen molar-refractivity contribution in [3.63, 3.8) is 0 Å². The maximum atomic E-state index is 6.05. The Hall–Kier alpha value is -0.0800. The zero-order valence-corrected chi connectivity index (χ0v) is 7.34. The lowest BCUT2D eigenvalue weighted by Gasteiger charge is -2.47. The van der Waals surface area contributed by atoms with Crippen LogP contribution < -0.4 is 5.73 Å². The van der Waals surface area contributed by atoms with Crippen molar-refractivity contribution >= 4 is 0 Å². The van der Waals surface area contributed by atoms with Crippen molar-refractivity contribution in [2.75, 3.05) is 19.6 Å². The summed E-state index contributed by atoms with van der Waals surface area (Å²) in [6.45, 7) is 5.79. The maximum Gasteiger partial charge on any atom is 0.0409 e. The van der Waals surface area contributed by atoms with Gasteiger partial charge in [0.15, 0.2) is 0 Å². The van der Waals surface area contributed by atoms with E-state index < -0.39 is 0 Å². The minimum atomic E-state index is 0.175. The van der Waals surface area contributed by atoms with Crippen LogP contribution in [0, 0.1) is 5.92 Å². The summed E-state index contributed by atoms with van der Waals surface area (Å²) >= 11 is 0. The SMILES string of the molecule is CCC1(N)CN(CC2CC2)C1. The van der Waals surface area contributed by atoms with Crippen LogP contribution in [0.1, 0.15) is 26.2 Å². The van der Waals surface area contributed by atoms with E-state index in [2.05, 4.69) is 11.8 Å². The number of nitrogens with zero attached hydrogens (tertiary/aromatic N) is 1. The molecule has 1 aliphatic heterocycles. The van der Waals surface area contributed by atoms with Crippen molar-refractivity contribution in [1.82, 2.24) is 4.90 Å². The Labute approximate surface area is 68.7 Å². The van der Waals surface area contributed by atoms with E-state index in [1.807, 2.05) is 0 Å². The van der Waals surface area contributed by atoms with Gasteiger partial charge in [0.25, 0.3) is 0 Å². The second-order valence-electron chi connectivity index (χ2n) is 4.33. The Morgan fingerprint density at radius 1 is 1.45 bits per heavy atom. The average molecular weight is 154 g/mol. The third kappa shape index (κ3) is 1.57. The Kier molecular flexibility index (Phi) is 1.69. The largest absolute Gasteiger partial charge is 0.323 e. The quantitative estimate of drug-likeness (QED) is 0.652. The molecule has 0 aromatic carbocycles. The number of likely N-dealkylation sites (tertiary alicyclic amines) is 1. The first-order valence-electron chi connectivity index (χ1n) is 4.73. The van der Waals surface area contributed by atoms with Gasteiger partial charge >= 0.3 is 0 Å². The van der Waals surface area contributed by atoms with Crippen molar-refractivity contribution in [3.05, 3.63) is 0 Å². The zero-order valence-electron chi connectivity index (χ0n) is 7.34. The van der Waals surface area contributed by atoms with Gasteiger partial charge in [-0.2, -0.15) is 0 Å². The van der Waals surface area contributed by atoms with Crippen LogP contribution >= 0.6 is 0 Å². The van der Waals surface area contributed by atoms with E-state index in [1.165, 1.54) is 19.4 Å². The molecule has 0 aromatic heterocycles. The molecule has 64 valence electrons. The molecule has 2 fully saturated rings. The lowest BCUT2D eigenvalue weighted by atomic mass is 9.88. The van der Waals surface area contributed by atoms with E-state index in [4.69, 9.17) is 5.73 Å². The fraction of sp³-hybridized carbons (Fsp3) is 1.00. The standard InChI is InChI=1S/C9H18N2/c1-2-9(10)6-11(7-9)5-8-3-4-8/h8H,2-7,10H2,1H3. The van der Waals surface area contributed by atoms with Gasteiger partial charge in [0.05, 0.1) is 0 Å². The molecule has 2 aliphatic rings. The first-order chi connectivity index (χ1) is 5.22. The van der Waals surface area contributed by atoms with Crippen LogP contribution in [-0.2, 0) is 0 Å². The highest BCUT2D eigenvalue weighted by molar-refractivity contribution is 4.99. The molecule has 1 heterocycles. The number of hydrogen-bond acceptors (Lipinski definition) is 2. The minimum absolute atomic E-state index is 0.175. The Balaban J connectivity index is 1.69. The van der Waals surface area contributed by atoms with Gasteiger partial charge in [-0.3, -0.25) is 4.90 Å². The van der Waals surface area contributed by atoms with Gasteiger partial charge in [0.1, 0.15) is 0 Å². The summed E-state index contributed by atoms with van der Waals surface area (Å²) in [5.41, 5.74) is 6.22. The molecule has 1 aliphatic carbocycles. The Morgan fingerprint density at radius 2 is 2.09 bits per heavy atom. The van der Waals surface area contributed by atoms with Crippen molar-refractivity contribution in [2.24, 2.45) is 11.7 Å². The summed E-state index contributed by atoms with van der Waals surface area (Å²) in [5, 5.41) is 0. The van der Waals surface area contributed by atoms with Crippen LogP contribution in [0.3, 0.4) is 0 Å². The van der Waals surface area contributed by atoms with Gasteiger partial charge in [-0.25, -0.2) is 0 Å². The molecule has 0 atom stereocenters. The molecule has 2 nitrogen and oxygen atoms in total. The molecule has 2 rings (SSSR count). The van der Waals surface area contributed by atoms with E-state index in [1.54, 1.807) is 0 Å². The molecule has 1 saturated heterocycles. The fourth-order valence-electron chi connectivity index (χ4n) is 1.86. The van der Waals surface area contributed by atoms with E-state index >= 15 is 0 Å². The second-order valence-corrected chi connectivity index (χ2v) is 4.33. The highest BCUT2D eigenvalue weighted by atomic mass is 15.2. The fourth-order valence-corrected chi connectivity index (χ4v) is 1.86. The van der Waals surface area contributed by atoms with E-state index in [-0.39, 0.29) is 5.54 Å². The molecule has 11 heavy (non-hydrogen) atoms. The van der Waals surface area contributed by atoms with Gasteiger partial charge in [-0.15, -0.1) is 0 Å². The smallest absolute Gasteiger partial charge is 0.0409 e. The molecular formula is C9H18N2. The van der Waals surface area contributed by atoms with Gasteiger partial charge in [-0.05, 0) is 25.2 Å². The molecule has 0 radical (unpaired) electrons. The van der Waals surface area contributed by atoms with Crippen LogP contribution in [0.25, 0.3) is 0 Å². The third-order valence-corrected chi connectivity index (χ3v) is 2.99. The summed E-state index contributed by atoms with van der Waals surface area (Å²) in [6.07, 6.45) is 4.05. The predicted octanol–water partition coefficient (Wildman–Crippen LogP) is 0.819. The zero-order chi connectivity index (χ0) is 7.90. The Morgan fingerprint density at radius 3 is 2.55 bits per heavy atom. The number of rotatable bonds is 3. The van der Waals surface area contributed by atoms with Gasteiger partial charge < -0.3 is 5.73 Å². The van der Waals surface area contributed by atoms with Crippen molar-refractivity contribution in [2.45, 2.75) is 31.7 Å². The minimum Gasteiger partial charge on any atom is -0.323 e. The maximum absolute atomic E-state index is 6.05. The molecule has 0 bridgehead atoms. The Bertz CT molecular complexity index is 146. The average Bonchev–Trinajstić information content (AvgIpc) is 2.68. The van der Waals surface area contributed by atoms with Crippen LogP contribution in [0.2, 0.25) is 0 Å².